The van der Waals surface area contributed by atoms with E-state index in [0.29, 0.717) is 11.3 Å². The molecule has 0 aromatic heterocycles. The van der Waals surface area contributed by atoms with Gasteiger partial charge in [0.05, 0.1) is 5.56 Å². The van der Waals surface area contributed by atoms with Crippen molar-refractivity contribution in [2.45, 2.75) is 39.0 Å². The lowest BCUT2D eigenvalue weighted by Crippen LogP contribution is -2.18. The number of amides is 1. The van der Waals surface area contributed by atoms with E-state index in [1.165, 1.54) is 19.4 Å². The lowest BCUT2D eigenvalue weighted by Gasteiger charge is -2.21. The molecule has 0 bridgehead atoms. The Kier molecular flexibility index (Phi) is 4.20. The largest absolute Gasteiger partial charge is 0.507 e. The predicted octanol–water partition coefficient (Wildman–Crippen LogP) is 3.11. The smallest absolute Gasteiger partial charge is 0.221 e. The second-order valence-corrected chi connectivity index (χ2v) is 5.11. The summed E-state index contributed by atoms with van der Waals surface area (Å²) in [6, 6.07) is 4.61. The molecule has 0 atom stereocenters. The molecule has 0 radical (unpaired) electrons. The molecule has 0 aliphatic heterocycles. The summed E-state index contributed by atoms with van der Waals surface area (Å²) in [5, 5.41) is 12.5. The first-order chi connectivity index (χ1) is 9.08. The number of carbonyl (C=O) groups is 2. The van der Waals surface area contributed by atoms with Crippen LogP contribution in [0.5, 0.6) is 5.75 Å². The maximum absolute atomic E-state index is 12.4. The van der Waals surface area contributed by atoms with Crippen molar-refractivity contribution in [1.29, 1.82) is 0 Å². The molecule has 4 heteroatoms. The number of anilines is 1. The van der Waals surface area contributed by atoms with Crippen molar-refractivity contribution in [1.82, 2.24) is 0 Å². The van der Waals surface area contributed by atoms with Crippen LogP contribution in [-0.4, -0.2) is 16.8 Å². The summed E-state index contributed by atoms with van der Waals surface area (Å²) in [5.74, 6) is -0.205. The lowest BCUT2D eigenvalue weighted by atomic mass is 9.83. The second-order valence-electron chi connectivity index (χ2n) is 5.11. The second kappa shape index (κ2) is 5.87. The van der Waals surface area contributed by atoms with Crippen molar-refractivity contribution in [2.24, 2.45) is 5.92 Å². The number of benzene rings is 1. The summed E-state index contributed by atoms with van der Waals surface area (Å²) in [7, 11) is 0. The Balaban J connectivity index is 2.21. The van der Waals surface area contributed by atoms with Gasteiger partial charge >= 0.3 is 0 Å². The van der Waals surface area contributed by atoms with Crippen LogP contribution in [0.2, 0.25) is 0 Å². The van der Waals surface area contributed by atoms with Gasteiger partial charge in [-0.25, -0.2) is 0 Å². The quantitative estimate of drug-likeness (QED) is 0.649. The Labute approximate surface area is 112 Å². The number of hydrogen-bond acceptors (Lipinski definition) is 3. The van der Waals surface area contributed by atoms with E-state index < -0.39 is 0 Å². The molecule has 0 spiro atoms. The molecule has 1 amide bonds. The van der Waals surface area contributed by atoms with Crippen molar-refractivity contribution < 1.29 is 14.7 Å². The van der Waals surface area contributed by atoms with Crippen molar-refractivity contribution in [2.75, 3.05) is 5.32 Å². The average Bonchev–Trinajstić information content (AvgIpc) is 2.40. The topological polar surface area (TPSA) is 66.4 Å². The van der Waals surface area contributed by atoms with Gasteiger partial charge in [0.25, 0.3) is 0 Å². The standard InChI is InChI=1S/C15H19NO3/c1-10(17)16-12-7-8-14(18)13(9-12)15(19)11-5-3-2-4-6-11/h7-9,11,18H,2-6H2,1H3,(H,16,17). The molecule has 4 nitrogen and oxygen atoms in total. The fourth-order valence-electron chi connectivity index (χ4n) is 2.60. The molecule has 0 heterocycles. The highest BCUT2D eigenvalue weighted by atomic mass is 16.3. The zero-order valence-corrected chi connectivity index (χ0v) is 11.1. The van der Waals surface area contributed by atoms with Crippen molar-refractivity contribution >= 4 is 17.4 Å². The van der Waals surface area contributed by atoms with Crippen LogP contribution in [0.1, 0.15) is 49.4 Å². The van der Waals surface area contributed by atoms with Gasteiger partial charge in [-0.05, 0) is 31.0 Å². The third-order valence-electron chi connectivity index (χ3n) is 3.56. The minimum Gasteiger partial charge on any atom is -0.507 e. The maximum Gasteiger partial charge on any atom is 0.221 e. The van der Waals surface area contributed by atoms with Crippen LogP contribution in [0, 0.1) is 5.92 Å². The molecular weight excluding hydrogens is 242 g/mol. The van der Waals surface area contributed by atoms with Crippen molar-refractivity contribution in [3.05, 3.63) is 23.8 Å². The van der Waals surface area contributed by atoms with Gasteiger partial charge in [-0.1, -0.05) is 19.3 Å². The molecule has 2 rings (SSSR count). The molecule has 1 saturated carbocycles. The van der Waals surface area contributed by atoms with E-state index in [4.69, 9.17) is 0 Å². The average molecular weight is 261 g/mol. The number of phenols is 1. The molecule has 19 heavy (non-hydrogen) atoms. The predicted molar refractivity (Wildman–Crippen MR) is 73.3 cm³/mol. The van der Waals surface area contributed by atoms with E-state index in [2.05, 4.69) is 5.32 Å². The van der Waals surface area contributed by atoms with Crippen LogP contribution in [0.4, 0.5) is 5.69 Å². The first kappa shape index (κ1) is 13.6. The number of aromatic hydroxyl groups is 1. The number of carbonyl (C=O) groups excluding carboxylic acids is 2. The van der Waals surface area contributed by atoms with E-state index in [9.17, 15) is 14.7 Å². The van der Waals surface area contributed by atoms with Gasteiger partial charge in [-0.15, -0.1) is 0 Å². The van der Waals surface area contributed by atoms with Gasteiger partial charge in [0.1, 0.15) is 5.75 Å². The van der Waals surface area contributed by atoms with Crippen LogP contribution < -0.4 is 5.32 Å². The Hall–Kier alpha value is -1.84. The van der Waals surface area contributed by atoms with Gasteiger partial charge in [0.15, 0.2) is 5.78 Å². The minimum atomic E-state index is -0.193. The molecule has 1 aliphatic carbocycles. The molecule has 0 saturated heterocycles. The molecular formula is C15H19NO3. The van der Waals surface area contributed by atoms with Crippen LogP contribution >= 0.6 is 0 Å². The Morgan fingerprint density at radius 1 is 1.21 bits per heavy atom. The molecule has 1 aromatic carbocycles. The monoisotopic (exact) mass is 261 g/mol. The van der Waals surface area contributed by atoms with Crippen molar-refractivity contribution in [3.63, 3.8) is 0 Å². The Morgan fingerprint density at radius 3 is 2.53 bits per heavy atom. The summed E-state index contributed by atoms with van der Waals surface area (Å²) in [4.78, 5) is 23.4. The molecule has 102 valence electrons. The minimum absolute atomic E-state index is 0.00669. The fourth-order valence-corrected chi connectivity index (χ4v) is 2.60. The van der Waals surface area contributed by atoms with E-state index in [0.717, 1.165) is 25.7 Å². The van der Waals surface area contributed by atoms with Crippen LogP contribution in [0.15, 0.2) is 18.2 Å². The third kappa shape index (κ3) is 3.34. The summed E-state index contributed by atoms with van der Waals surface area (Å²) < 4.78 is 0. The molecule has 1 aliphatic rings. The molecule has 0 unspecified atom stereocenters. The van der Waals surface area contributed by atoms with Gasteiger partial charge < -0.3 is 10.4 Å². The number of nitrogens with one attached hydrogen (secondary N) is 1. The van der Waals surface area contributed by atoms with Gasteiger partial charge in [-0.3, -0.25) is 9.59 Å². The summed E-state index contributed by atoms with van der Waals surface area (Å²) >= 11 is 0. The zero-order chi connectivity index (χ0) is 13.8. The van der Waals surface area contributed by atoms with E-state index >= 15 is 0 Å². The maximum atomic E-state index is 12.4. The SMILES string of the molecule is CC(=O)Nc1ccc(O)c(C(=O)C2CCCCC2)c1. The van der Waals surface area contributed by atoms with Gasteiger partial charge in [-0.2, -0.15) is 0 Å². The first-order valence-electron chi connectivity index (χ1n) is 6.73. The zero-order valence-electron chi connectivity index (χ0n) is 11.1. The van der Waals surface area contributed by atoms with E-state index in [-0.39, 0.29) is 23.4 Å². The molecule has 1 aromatic rings. The van der Waals surface area contributed by atoms with Gasteiger partial charge in [0, 0.05) is 18.5 Å². The molecule has 1 fully saturated rings. The number of ketones is 1. The lowest BCUT2D eigenvalue weighted by molar-refractivity contribution is -0.114. The Bertz CT molecular complexity index is 490. The first-order valence-corrected chi connectivity index (χ1v) is 6.73. The normalized spacial score (nSPS) is 16.1. The van der Waals surface area contributed by atoms with E-state index in [1.54, 1.807) is 12.1 Å². The number of phenolic OH excluding ortho intramolecular Hbond substituents is 1. The number of Topliss-reactive ketones (excluding diaryl/α,β-unsaturated/α-hetero) is 1. The van der Waals surface area contributed by atoms with Crippen LogP contribution in [0.25, 0.3) is 0 Å². The number of rotatable bonds is 3. The fraction of sp³-hybridized carbons (Fsp3) is 0.467. The highest BCUT2D eigenvalue weighted by molar-refractivity contribution is 6.02. The Morgan fingerprint density at radius 2 is 1.89 bits per heavy atom. The highest BCUT2D eigenvalue weighted by Gasteiger charge is 2.24. The third-order valence-corrected chi connectivity index (χ3v) is 3.56. The van der Waals surface area contributed by atoms with Crippen LogP contribution in [0.3, 0.4) is 0 Å². The van der Waals surface area contributed by atoms with Gasteiger partial charge in [0.2, 0.25) is 5.91 Å². The number of hydrogen-bond donors (Lipinski definition) is 2. The summed E-state index contributed by atoms with van der Waals surface area (Å²) in [5.41, 5.74) is 0.864. The summed E-state index contributed by atoms with van der Waals surface area (Å²) in [6.45, 7) is 1.41. The highest BCUT2D eigenvalue weighted by Crippen LogP contribution is 2.31. The van der Waals surface area contributed by atoms with E-state index in [1.807, 2.05) is 0 Å². The van der Waals surface area contributed by atoms with Crippen LogP contribution in [-0.2, 0) is 4.79 Å². The molecule has 2 N–H and O–H groups in total. The summed E-state index contributed by atoms with van der Waals surface area (Å²) in [6.07, 6.45) is 5.11. The van der Waals surface area contributed by atoms with Crippen molar-refractivity contribution in [3.8, 4) is 5.75 Å².